The van der Waals surface area contributed by atoms with Gasteiger partial charge in [0.05, 0.1) is 5.69 Å². The average molecular weight is 190 g/mol. The molecule has 4 nitrogen and oxygen atoms in total. The van der Waals surface area contributed by atoms with Crippen LogP contribution in [0.1, 0.15) is 0 Å². The molecule has 1 heterocycles. The van der Waals surface area contributed by atoms with E-state index in [1.54, 1.807) is 0 Å². The fourth-order valence-electron chi connectivity index (χ4n) is 1.21. The fraction of sp³-hybridized carbons (Fsp3) is 0. The smallest absolute Gasteiger partial charge is 0.210 e. The molecular weight excluding hydrogens is 180 g/mol. The van der Waals surface area contributed by atoms with Gasteiger partial charge in [-0.25, -0.2) is 5.01 Å². The van der Waals surface area contributed by atoms with Crippen LogP contribution in [0.15, 0.2) is 54.3 Å². The molecule has 14 heavy (non-hydrogen) atoms. The summed E-state index contributed by atoms with van der Waals surface area (Å²) in [6.45, 7) is 0. The number of allylic oxidation sites excluding steroid dienone is 2. The quantitative estimate of drug-likeness (QED) is 0.632. The third-order valence-corrected chi connectivity index (χ3v) is 1.86. The maximum atomic E-state index is 9.51. The van der Waals surface area contributed by atoms with E-state index in [2.05, 4.69) is 5.43 Å². The Bertz CT molecular complexity index is 384. The van der Waals surface area contributed by atoms with Crippen molar-refractivity contribution < 1.29 is 10.2 Å². The molecule has 0 atom stereocenters. The molecule has 0 saturated heterocycles. The van der Waals surface area contributed by atoms with E-state index in [1.807, 2.05) is 30.3 Å². The summed E-state index contributed by atoms with van der Waals surface area (Å²) in [4.78, 5) is 0. The van der Waals surface area contributed by atoms with Crippen LogP contribution in [0.2, 0.25) is 0 Å². The molecule has 0 bridgehead atoms. The number of aliphatic hydroxyl groups is 2. The van der Waals surface area contributed by atoms with Crippen LogP contribution in [0.25, 0.3) is 0 Å². The van der Waals surface area contributed by atoms with Crippen LogP contribution in [-0.2, 0) is 0 Å². The summed E-state index contributed by atoms with van der Waals surface area (Å²) in [5, 5.41) is 20.1. The van der Waals surface area contributed by atoms with Crippen molar-refractivity contribution in [3.05, 3.63) is 54.3 Å². The molecule has 2 rings (SSSR count). The van der Waals surface area contributed by atoms with Gasteiger partial charge in [0.15, 0.2) is 0 Å². The van der Waals surface area contributed by atoms with Crippen LogP contribution in [0.4, 0.5) is 5.69 Å². The second kappa shape index (κ2) is 3.33. The number of aliphatic hydroxyl groups excluding tert-OH is 2. The van der Waals surface area contributed by atoms with Gasteiger partial charge in [-0.05, 0) is 12.1 Å². The van der Waals surface area contributed by atoms with Crippen molar-refractivity contribution in [1.29, 1.82) is 0 Å². The number of para-hydroxylation sites is 1. The van der Waals surface area contributed by atoms with E-state index in [0.717, 1.165) is 5.69 Å². The Kier molecular flexibility index (Phi) is 2.02. The van der Waals surface area contributed by atoms with Crippen LogP contribution in [0.5, 0.6) is 0 Å². The van der Waals surface area contributed by atoms with Gasteiger partial charge in [-0.3, -0.25) is 5.43 Å². The monoisotopic (exact) mass is 190 g/mol. The van der Waals surface area contributed by atoms with Gasteiger partial charge in [-0.1, -0.05) is 18.2 Å². The highest BCUT2D eigenvalue weighted by Crippen LogP contribution is 2.17. The average Bonchev–Trinajstić information content (AvgIpc) is 2.23. The summed E-state index contributed by atoms with van der Waals surface area (Å²) in [6.07, 6.45) is 2.80. The summed E-state index contributed by atoms with van der Waals surface area (Å²) in [6, 6.07) is 9.20. The van der Waals surface area contributed by atoms with Gasteiger partial charge in [-0.2, -0.15) is 0 Å². The standard InChI is InChI=1S/C10H10N2O2/c13-9-6-7-10(14)12(11-9)8-4-2-1-3-5-8/h1-7,11,13-14H. The zero-order valence-electron chi connectivity index (χ0n) is 7.38. The van der Waals surface area contributed by atoms with Crippen molar-refractivity contribution in [3.63, 3.8) is 0 Å². The molecule has 0 fully saturated rings. The molecule has 0 spiro atoms. The maximum absolute atomic E-state index is 9.51. The first kappa shape index (κ1) is 8.50. The third-order valence-electron chi connectivity index (χ3n) is 1.86. The van der Waals surface area contributed by atoms with Crippen molar-refractivity contribution in [3.8, 4) is 0 Å². The molecule has 0 radical (unpaired) electrons. The summed E-state index contributed by atoms with van der Waals surface area (Å²) in [7, 11) is 0. The van der Waals surface area contributed by atoms with Gasteiger partial charge in [0, 0.05) is 12.2 Å². The highest BCUT2D eigenvalue weighted by Gasteiger charge is 2.14. The van der Waals surface area contributed by atoms with Gasteiger partial charge in [-0.15, -0.1) is 0 Å². The molecule has 1 aromatic rings. The molecule has 72 valence electrons. The zero-order valence-corrected chi connectivity index (χ0v) is 7.38. The fourth-order valence-corrected chi connectivity index (χ4v) is 1.21. The van der Waals surface area contributed by atoms with E-state index >= 15 is 0 Å². The Balaban J connectivity index is 2.30. The lowest BCUT2D eigenvalue weighted by Crippen LogP contribution is -2.38. The van der Waals surface area contributed by atoms with Crippen molar-refractivity contribution in [2.75, 3.05) is 5.01 Å². The van der Waals surface area contributed by atoms with Crippen molar-refractivity contribution in [2.45, 2.75) is 0 Å². The summed E-state index contributed by atoms with van der Waals surface area (Å²) in [5.41, 5.74) is 3.36. The minimum atomic E-state index is -0.00773. The molecule has 0 amide bonds. The Hall–Kier alpha value is -2.10. The number of hydrogen-bond donors (Lipinski definition) is 3. The minimum absolute atomic E-state index is 0.00773. The lowest BCUT2D eigenvalue weighted by molar-refractivity contribution is 0.319. The Morgan fingerprint density at radius 3 is 2.43 bits per heavy atom. The molecule has 1 aromatic carbocycles. The molecule has 1 aliphatic heterocycles. The van der Waals surface area contributed by atoms with Crippen molar-refractivity contribution in [2.24, 2.45) is 0 Å². The molecule has 1 aliphatic rings. The van der Waals surface area contributed by atoms with E-state index < -0.39 is 0 Å². The first-order valence-corrected chi connectivity index (χ1v) is 4.19. The predicted molar refractivity (Wildman–Crippen MR) is 53.5 cm³/mol. The van der Waals surface area contributed by atoms with Gasteiger partial charge in [0.25, 0.3) is 0 Å². The third kappa shape index (κ3) is 1.50. The molecule has 0 aliphatic carbocycles. The zero-order chi connectivity index (χ0) is 9.97. The molecule has 0 saturated carbocycles. The number of benzene rings is 1. The summed E-state index contributed by atoms with van der Waals surface area (Å²) < 4.78 is 0. The highest BCUT2D eigenvalue weighted by atomic mass is 16.3. The minimum Gasteiger partial charge on any atom is -0.494 e. The maximum Gasteiger partial charge on any atom is 0.210 e. The molecule has 4 heteroatoms. The van der Waals surface area contributed by atoms with Crippen LogP contribution in [-0.4, -0.2) is 10.2 Å². The highest BCUT2D eigenvalue weighted by molar-refractivity contribution is 5.51. The second-order valence-corrected chi connectivity index (χ2v) is 2.86. The number of hydrazine groups is 1. The van der Waals surface area contributed by atoms with Crippen LogP contribution in [0, 0.1) is 0 Å². The normalized spacial score (nSPS) is 15.6. The Labute approximate surface area is 81.4 Å². The van der Waals surface area contributed by atoms with Gasteiger partial charge < -0.3 is 10.2 Å². The second-order valence-electron chi connectivity index (χ2n) is 2.86. The van der Waals surface area contributed by atoms with Gasteiger partial charge in [0.2, 0.25) is 11.8 Å². The van der Waals surface area contributed by atoms with Gasteiger partial charge in [0.1, 0.15) is 0 Å². The first-order chi connectivity index (χ1) is 6.77. The number of hydrogen-bond acceptors (Lipinski definition) is 4. The predicted octanol–water partition coefficient (Wildman–Crippen LogP) is 1.81. The van der Waals surface area contributed by atoms with E-state index in [4.69, 9.17) is 0 Å². The van der Waals surface area contributed by atoms with E-state index in [0.29, 0.717) is 0 Å². The molecule has 3 N–H and O–H groups in total. The summed E-state index contributed by atoms with van der Waals surface area (Å²) in [5.74, 6) is 0.0284. The topological polar surface area (TPSA) is 55.7 Å². The molecular formula is C10H10N2O2. The van der Waals surface area contributed by atoms with Gasteiger partial charge >= 0.3 is 0 Å². The summed E-state index contributed by atoms with van der Waals surface area (Å²) >= 11 is 0. The lowest BCUT2D eigenvalue weighted by atomic mass is 10.3. The van der Waals surface area contributed by atoms with Crippen LogP contribution >= 0.6 is 0 Å². The molecule has 0 aromatic heterocycles. The number of nitrogens with zero attached hydrogens (tertiary/aromatic N) is 1. The number of rotatable bonds is 1. The Morgan fingerprint density at radius 1 is 1.00 bits per heavy atom. The first-order valence-electron chi connectivity index (χ1n) is 4.19. The van der Waals surface area contributed by atoms with Crippen molar-refractivity contribution >= 4 is 5.69 Å². The van der Waals surface area contributed by atoms with Crippen LogP contribution < -0.4 is 10.4 Å². The van der Waals surface area contributed by atoms with E-state index in [-0.39, 0.29) is 11.8 Å². The number of anilines is 1. The Morgan fingerprint density at radius 2 is 1.71 bits per heavy atom. The van der Waals surface area contributed by atoms with E-state index in [9.17, 15) is 10.2 Å². The molecule has 0 unspecified atom stereocenters. The number of nitrogens with one attached hydrogen (secondary N) is 1. The van der Waals surface area contributed by atoms with E-state index in [1.165, 1.54) is 17.2 Å². The lowest BCUT2D eigenvalue weighted by Gasteiger charge is -2.26. The van der Waals surface area contributed by atoms with Crippen molar-refractivity contribution in [1.82, 2.24) is 5.43 Å². The largest absolute Gasteiger partial charge is 0.494 e. The van der Waals surface area contributed by atoms with Crippen LogP contribution in [0.3, 0.4) is 0 Å². The SMILES string of the molecule is OC1=CC=C(O)N(c2ccccc2)N1.